The van der Waals surface area contributed by atoms with E-state index in [9.17, 15) is 9.18 Å². The van der Waals surface area contributed by atoms with Gasteiger partial charge in [0.25, 0.3) is 5.91 Å². The van der Waals surface area contributed by atoms with Crippen LogP contribution in [0.1, 0.15) is 12.5 Å². The van der Waals surface area contributed by atoms with Gasteiger partial charge in [-0.2, -0.15) is 5.10 Å². The Morgan fingerprint density at radius 3 is 2.52 bits per heavy atom. The Labute approximate surface area is 154 Å². The summed E-state index contributed by atoms with van der Waals surface area (Å²) < 4.78 is 18.6. The molecule has 1 amide bonds. The zero-order chi connectivity index (χ0) is 18.4. The van der Waals surface area contributed by atoms with Crippen molar-refractivity contribution >= 4 is 40.5 Å². The van der Waals surface area contributed by atoms with Gasteiger partial charge in [0.15, 0.2) is 0 Å². The van der Waals surface area contributed by atoms with E-state index < -0.39 is 5.82 Å². The third-order valence-corrected chi connectivity index (χ3v) is 3.89. The van der Waals surface area contributed by atoms with Crippen LogP contribution in [-0.4, -0.2) is 25.3 Å². The third-order valence-electron chi connectivity index (χ3n) is 3.29. The van der Waals surface area contributed by atoms with Gasteiger partial charge in [0.05, 0.1) is 29.4 Å². The van der Waals surface area contributed by atoms with Crippen LogP contribution >= 0.6 is 23.2 Å². The Morgan fingerprint density at radius 1 is 1.20 bits per heavy atom. The molecule has 25 heavy (non-hydrogen) atoms. The minimum atomic E-state index is -0.608. The summed E-state index contributed by atoms with van der Waals surface area (Å²) in [5.41, 5.74) is 3.86. The molecule has 0 spiro atoms. The van der Waals surface area contributed by atoms with E-state index in [1.54, 1.807) is 38.3 Å². The number of ether oxygens (including phenoxy) is 1. The van der Waals surface area contributed by atoms with Gasteiger partial charge in [0, 0.05) is 11.3 Å². The fourth-order valence-corrected chi connectivity index (χ4v) is 2.46. The summed E-state index contributed by atoms with van der Waals surface area (Å²) in [6.45, 7) is 1.62. The quantitative estimate of drug-likeness (QED) is 0.448. The van der Waals surface area contributed by atoms with Gasteiger partial charge in [0.1, 0.15) is 11.6 Å². The average molecular weight is 384 g/mol. The molecule has 0 radical (unpaired) electrons. The second kappa shape index (κ2) is 8.69. The maximum Gasteiger partial charge on any atom is 0.259 e. The molecule has 2 aromatic carbocycles. The number of hydrogen-bond donors (Lipinski definition) is 2. The Balaban J connectivity index is 1.93. The lowest BCUT2D eigenvalue weighted by molar-refractivity contribution is -0.119. The molecule has 0 heterocycles. The normalized spacial score (nSPS) is 11.2. The van der Waals surface area contributed by atoms with Crippen molar-refractivity contribution in [3.05, 3.63) is 57.8 Å². The SMILES string of the molecule is COc1ccc(NCC(=O)N/N=C(/C)c2cc(F)c(Cl)cc2Cl)cc1. The highest BCUT2D eigenvalue weighted by Gasteiger charge is 2.10. The summed E-state index contributed by atoms with van der Waals surface area (Å²) in [6.07, 6.45) is 0. The second-order valence-electron chi connectivity index (χ2n) is 5.06. The fraction of sp³-hybridized carbons (Fsp3) is 0.176. The number of carbonyl (C=O) groups is 1. The van der Waals surface area contributed by atoms with E-state index in [1.807, 2.05) is 0 Å². The van der Waals surface area contributed by atoms with Crippen molar-refractivity contribution in [2.45, 2.75) is 6.92 Å². The van der Waals surface area contributed by atoms with E-state index >= 15 is 0 Å². The highest BCUT2D eigenvalue weighted by atomic mass is 35.5. The molecule has 0 saturated carbocycles. The van der Waals surface area contributed by atoms with Crippen molar-refractivity contribution in [2.75, 3.05) is 19.0 Å². The van der Waals surface area contributed by atoms with E-state index in [4.69, 9.17) is 27.9 Å². The van der Waals surface area contributed by atoms with Gasteiger partial charge < -0.3 is 10.1 Å². The van der Waals surface area contributed by atoms with Gasteiger partial charge in [-0.3, -0.25) is 4.79 Å². The van der Waals surface area contributed by atoms with Crippen LogP contribution in [0.3, 0.4) is 0 Å². The summed E-state index contributed by atoms with van der Waals surface area (Å²) in [7, 11) is 1.58. The van der Waals surface area contributed by atoms with Gasteiger partial charge >= 0.3 is 0 Å². The number of nitrogens with one attached hydrogen (secondary N) is 2. The smallest absolute Gasteiger partial charge is 0.259 e. The number of halogens is 3. The van der Waals surface area contributed by atoms with Crippen molar-refractivity contribution in [3.8, 4) is 5.75 Å². The van der Waals surface area contributed by atoms with Crippen molar-refractivity contribution < 1.29 is 13.9 Å². The van der Waals surface area contributed by atoms with E-state index in [0.29, 0.717) is 11.3 Å². The number of amides is 1. The van der Waals surface area contributed by atoms with E-state index in [1.165, 1.54) is 12.1 Å². The molecule has 0 bridgehead atoms. The first-order chi connectivity index (χ1) is 11.9. The minimum Gasteiger partial charge on any atom is -0.497 e. The van der Waals surface area contributed by atoms with Crippen LogP contribution in [0.25, 0.3) is 0 Å². The van der Waals surface area contributed by atoms with Crippen LogP contribution < -0.4 is 15.5 Å². The Kier molecular flexibility index (Phi) is 6.61. The molecule has 0 fully saturated rings. The third kappa shape index (κ3) is 5.34. The molecule has 0 aliphatic carbocycles. The summed E-state index contributed by atoms with van der Waals surface area (Å²) in [6, 6.07) is 9.60. The Morgan fingerprint density at radius 2 is 1.88 bits per heavy atom. The molecule has 0 atom stereocenters. The number of rotatable bonds is 6. The zero-order valence-corrected chi connectivity index (χ0v) is 15.1. The minimum absolute atomic E-state index is 0.0197. The summed E-state index contributed by atoms with van der Waals surface area (Å²) in [5, 5.41) is 7.05. The van der Waals surface area contributed by atoms with E-state index in [2.05, 4.69) is 15.8 Å². The summed E-state index contributed by atoms with van der Waals surface area (Å²) >= 11 is 11.7. The number of carbonyl (C=O) groups excluding carboxylic acids is 1. The number of methoxy groups -OCH3 is 1. The van der Waals surface area contributed by atoms with Crippen LogP contribution in [-0.2, 0) is 4.79 Å². The molecule has 5 nitrogen and oxygen atoms in total. The van der Waals surface area contributed by atoms with Crippen molar-refractivity contribution in [2.24, 2.45) is 5.10 Å². The lowest BCUT2D eigenvalue weighted by Crippen LogP contribution is -2.26. The van der Waals surface area contributed by atoms with Crippen molar-refractivity contribution in [1.82, 2.24) is 5.43 Å². The number of hydrogen-bond acceptors (Lipinski definition) is 4. The van der Waals surface area contributed by atoms with Gasteiger partial charge in [-0.05, 0) is 43.3 Å². The second-order valence-corrected chi connectivity index (χ2v) is 5.87. The number of hydrazone groups is 1. The first-order valence-corrected chi connectivity index (χ1v) is 8.02. The molecule has 8 heteroatoms. The van der Waals surface area contributed by atoms with Gasteiger partial charge in [-0.1, -0.05) is 23.2 Å². The molecule has 132 valence electrons. The molecular formula is C17H16Cl2FN3O2. The van der Waals surface area contributed by atoms with Gasteiger partial charge in [-0.25, -0.2) is 9.82 Å². The molecule has 0 aromatic heterocycles. The maximum absolute atomic E-state index is 13.5. The van der Waals surface area contributed by atoms with Crippen LogP contribution in [0, 0.1) is 5.82 Å². The molecular weight excluding hydrogens is 368 g/mol. The lowest BCUT2D eigenvalue weighted by Gasteiger charge is -2.08. The first-order valence-electron chi connectivity index (χ1n) is 7.26. The highest BCUT2D eigenvalue weighted by molar-refractivity contribution is 6.37. The molecule has 2 N–H and O–H groups in total. The van der Waals surface area contributed by atoms with Crippen LogP contribution in [0.5, 0.6) is 5.75 Å². The first kappa shape index (κ1) is 19.0. The van der Waals surface area contributed by atoms with Gasteiger partial charge in [-0.15, -0.1) is 0 Å². The number of benzene rings is 2. The highest BCUT2D eigenvalue weighted by Crippen LogP contribution is 2.24. The monoisotopic (exact) mass is 383 g/mol. The van der Waals surface area contributed by atoms with Crippen LogP contribution in [0.2, 0.25) is 10.0 Å². The van der Waals surface area contributed by atoms with Crippen molar-refractivity contribution in [1.29, 1.82) is 0 Å². The Bertz CT molecular complexity index is 795. The lowest BCUT2D eigenvalue weighted by atomic mass is 10.1. The summed E-state index contributed by atoms with van der Waals surface area (Å²) in [4.78, 5) is 11.8. The number of anilines is 1. The maximum atomic E-state index is 13.5. The molecule has 2 aromatic rings. The molecule has 0 aliphatic heterocycles. The molecule has 0 unspecified atom stereocenters. The predicted octanol–water partition coefficient (Wildman–Crippen LogP) is 4.09. The van der Waals surface area contributed by atoms with Gasteiger partial charge in [0.2, 0.25) is 0 Å². The van der Waals surface area contributed by atoms with E-state index in [-0.39, 0.29) is 22.5 Å². The van der Waals surface area contributed by atoms with Crippen LogP contribution in [0.4, 0.5) is 10.1 Å². The van der Waals surface area contributed by atoms with Crippen molar-refractivity contribution in [3.63, 3.8) is 0 Å². The molecule has 2 rings (SSSR count). The average Bonchev–Trinajstić information content (AvgIpc) is 2.61. The topological polar surface area (TPSA) is 62.7 Å². The van der Waals surface area contributed by atoms with Crippen LogP contribution in [0.15, 0.2) is 41.5 Å². The molecule has 0 aliphatic rings. The standard InChI is InChI=1S/C17H16Cl2FN3O2/c1-10(13-7-16(20)15(19)8-14(13)18)22-23-17(24)9-21-11-3-5-12(25-2)6-4-11/h3-8,21H,9H2,1-2H3,(H,23,24)/b22-10-. The largest absolute Gasteiger partial charge is 0.497 e. The fourth-order valence-electron chi connectivity index (χ4n) is 1.94. The molecule has 0 saturated heterocycles. The number of nitrogens with zero attached hydrogens (tertiary/aromatic N) is 1. The predicted molar refractivity (Wildman–Crippen MR) is 98.3 cm³/mol. The van der Waals surface area contributed by atoms with E-state index in [0.717, 1.165) is 11.4 Å². The summed E-state index contributed by atoms with van der Waals surface area (Å²) in [5.74, 6) is -0.244. The zero-order valence-electron chi connectivity index (χ0n) is 13.6. The Hall–Kier alpha value is -2.31.